The van der Waals surface area contributed by atoms with Gasteiger partial charge in [-0.25, -0.2) is 4.98 Å². The number of aromatic nitrogens is 1. The van der Waals surface area contributed by atoms with E-state index in [2.05, 4.69) is 15.6 Å². The van der Waals surface area contributed by atoms with Crippen LogP contribution in [-0.4, -0.2) is 15.8 Å². The molecule has 3 rings (SSSR count). The van der Waals surface area contributed by atoms with Crippen molar-refractivity contribution in [2.45, 2.75) is 6.54 Å². The summed E-state index contributed by atoms with van der Waals surface area (Å²) in [6.07, 6.45) is 1.59. The zero-order chi connectivity index (χ0) is 19.2. The third kappa shape index (κ3) is 4.59. The molecule has 0 saturated carbocycles. The standard InChI is InChI=1S/C19H15ClN4O3/c20-14-9-7-13(8-10-14)12-22-18-16(5-3-11-21-18)23-19(25)15-4-1-2-6-17(15)24(26)27/h1-11H,12H2,(H,21,22)(H,23,25). The van der Waals surface area contributed by atoms with Gasteiger partial charge < -0.3 is 10.6 Å². The molecule has 27 heavy (non-hydrogen) atoms. The Kier molecular flexibility index (Phi) is 5.63. The molecule has 136 valence electrons. The summed E-state index contributed by atoms with van der Waals surface area (Å²) in [5.41, 5.74) is 1.14. The van der Waals surface area contributed by atoms with E-state index in [9.17, 15) is 14.9 Å². The maximum Gasteiger partial charge on any atom is 0.282 e. The first kappa shape index (κ1) is 18.3. The van der Waals surface area contributed by atoms with Crippen LogP contribution >= 0.6 is 11.6 Å². The number of rotatable bonds is 6. The second kappa shape index (κ2) is 8.29. The number of nitro groups is 1. The van der Waals surface area contributed by atoms with E-state index in [0.29, 0.717) is 23.1 Å². The number of para-hydroxylation sites is 1. The molecule has 3 aromatic rings. The second-order valence-corrected chi connectivity index (χ2v) is 6.04. The highest BCUT2D eigenvalue weighted by atomic mass is 35.5. The van der Waals surface area contributed by atoms with Crippen molar-refractivity contribution in [2.24, 2.45) is 0 Å². The summed E-state index contributed by atoms with van der Waals surface area (Å²) in [6, 6.07) is 16.5. The first-order valence-electron chi connectivity index (χ1n) is 8.02. The summed E-state index contributed by atoms with van der Waals surface area (Å²) >= 11 is 5.88. The fraction of sp³-hybridized carbons (Fsp3) is 0.0526. The molecule has 0 aliphatic heterocycles. The Balaban J connectivity index is 1.77. The minimum Gasteiger partial charge on any atom is -0.364 e. The predicted octanol–water partition coefficient (Wildman–Crippen LogP) is 4.51. The fourth-order valence-corrected chi connectivity index (χ4v) is 2.58. The molecule has 1 aromatic heterocycles. The van der Waals surface area contributed by atoms with Gasteiger partial charge in [-0.1, -0.05) is 35.9 Å². The van der Waals surface area contributed by atoms with Crippen molar-refractivity contribution in [1.29, 1.82) is 0 Å². The minimum absolute atomic E-state index is 0.0185. The average molecular weight is 383 g/mol. The van der Waals surface area contributed by atoms with Crippen LogP contribution in [0.2, 0.25) is 5.02 Å². The molecule has 2 aromatic carbocycles. The quantitative estimate of drug-likeness (QED) is 0.483. The van der Waals surface area contributed by atoms with Gasteiger partial charge >= 0.3 is 0 Å². The number of benzene rings is 2. The monoisotopic (exact) mass is 382 g/mol. The van der Waals surface area contributed by atoms with Crippen LogP contribution in [-0.2, 0) is 6.54 Å². The molecular weight excluding hydrogens is 368 g/mol. The van der Waals surface area contributed by atoms with Crippen molar-refractivity contribution in [3.8, 4) is 0 Å². The number of carbonyl (C=O) groups excluding carboxylic acids is 1. The number of nitro benzene ring substituents is 1. The maximum absolute atomic E-state index is 12.5. The number of hydrogen-bond acceptors (Lipinski definition) is 5. The smallest absolute Gasteiger partial charge is 0.282 e. The number of anilines is 2. The zero-order valence-electron chi connectivity index (χ0n) is 14.1. The summed E-state index contributed by atoms with van der Waals surface area (Å²) in [6.45, 7) is 0.475. The highest BCUT2D eigenvalue weighted by Crippen LogP contribution is 2.23. The number of carbonyl (C=O) groups is 1. The minimum atomic E-state index is -0.585. The summed E-state index contributed by atoms with van der Waals surface area (Å²) in [7, 11) is 0. The fourth-order valence-electron chi connectivity index (χ4n) is 2.45. The van der Waals surface area contributed by atoms with Crippen LogP contribution < -0.4 is 10.6 Å². The van der Waals surface area contributed by atoms with Crippen molar-refractivity contribution < 1.29 is 9.72 Å². The topological polar surface area (TPSA) is 97.2 Å². The van der Waals surface area contributed by atoms with Gasteiger partial charge in [0.2, 0.25) is 0 Å². The van der Waals surface area contributed by atoms with Crippen LogP contribution in [0.1, 0.15) is 15.9 Å². The van der Waals surface area contributed by atoms with Crippen molar-refractivity contribution in [3.63, 3.8) is 0 Å². The Hall–Kier alpha value is -3.45. The van der Waals surface area contributed by atoms with Crippen LogP contribution in [0, 0.1) is 10.1 Å². The van der Waals surface area contributed by atoms with Crippen molar-refractivity contribution in [1.82, 2.24) is 4.98 Å². The summed E-state index contributed by atoms with van der Waals surface area (Å²) in [5.74, 6) is -0.121. The Labute approximate surface area is 160 Å². The van der Waals surface area contributed by atoms with E-state index >= 15 is 0 Å². The largest absolute Gasteiger partial charge is 0.364 e. The predicted molar refractivity (Wildman–Crippen MR) is 104 cm³/mol. The molecule has 0 aliphatic carbocycles. The molecule has 0 radical (unpaired) electrons. The van der Waals surface area contributed by atoms with E-state index in [1.807, 2.05) is 12.1 Å². The van der Waals surface area contributed by atoms with E-state index in [1.54, 1.807) is 36.5 Å². The lowest BCUT2D eigenvalue weighted by atomic mass is 10.1. The van der Waals surface area contributed by atoms with Gasteiger partial charge in [-0.05, 0) is 35.9 Å². The zero-order valence-corrected chi connectivity index (χ0v) is 14.8. The molecule has 0 aliphatic rings. The van der Waals surface area contributed by atoms with Crippen LogP contribution in [0.4, 0.5) is 17.2 Å². The summed E-state index contributed by atoms with van der Waals surface area (Å²) in [5, 5.41) is 17.6. The molecule has 0 bridgehead atoms. The Morgan fingerprint density at radius 1 is 1.07 bits per heavy atom. The number of pyridine rings is 1. The first-order chi connectivity index (χ1) is 13.0. The SMILES string of the molecule is O=C(Nc1cccnc1NCc1ccc(Cl)cc1)c1ccccc1[N+](=O)[O-]. The van der Waals surface area contributed by atoms with Gasteiger partial charge in [-0.2, -0.15) is 0 Å². The van der Waals surface area contributed by atoms with Crippen molar-refractivity contribution >= 4 is 34.7 Å². The molecule has 0 atom stereocenters. The van der Waals surface area contributed by atoms with E-state index in [1.165, 1.54) is 18.2 Å². The van der Waals surface area contributed by atoms with Crippen molar-refractivity contribution in [2.75, 3.05) is 10.6 Å². The number of amides is 1. The van der Waals surface area contributed by atoms with Crippen LogP contribution in [0.15, 0.2) is 66.9 Å². The molecule has 7 nitrogen and oxygen atoms in total. The highest BCUT2D eigenvalue weighted by molar-refractivity contribution is 6.30. The van der Waals surface area contributed by atoms with Crippen LogP contribution in [0.3, 0.4) is 0 Å². The Bertz CT molecular complexity index is 977. The lowest BCUT2D eigenvalue weighted by molar-refractivity contribution is -0.385. The van der Waals surface area contributed by atoms with E-state index < -0.39 is 10.8 Å². The third-order valence-electron chi connectivity index (χ3n) is 3.77. The third-order valence-corrected chi connectivity index (χ3v) is 4.03. The molecule has 2 N–H and O–H groups in total. The molecule has 0 fully saturated rings. The van der Waals surface area contributed by atoms with Crippen molar-refractivity contribution in [3.05, 3.63) is 93.1 Å². The average Bonchev–Trinajstić information content (AvgIpc) is 2.68. The molecule has 0 spiro atoms. The van der Waals surface area contributed by atoms with Gasteiger partial charge in [0.15, 0.2) is 0 Å². The molecule has 1 heterocycles. The van der Waals surface area contributed by atoms with Gasteiger partial charge in [-0.15, -0.1) is 0 Å². The maximum atomic E-state index is 12.5. The van der Waals surface area contributed by atoms with E-state index in [4.69, 9.17) is 11.6 Å². The first-order valence-corrected chi connectivity index (χ1v) is 8.40. The molecular formula is C19H15ClN4O3. The van der Waals surface area contributed by atoms with Gasteiger partial charge in [0.1, 0.15) is 11.4 Å². The molecule has 8 heteroatoms. The highest BCUT2D eigenvalue weighted by Gasteiger charge is 2.20. The Morgan fingerprint density at radius 2 is 1.81 bits per heavy atom. The summed E-state index contributed by atoms with van der Waals surface area (Å²) < 4.78 is 0. The number of nitrogens with one attached hydrogen (secondary N) is 2. The number of halogens is 1. The second-order valence-electron chi connectivity index (χ2n) is 5.61. The number of hydrogen-bond donors (Lipinski definition) is 2. The molecule has 0 unspecified atom stereocenters. The van der Waals surface area contributed by atoms with Gasteiger partial charge in [-0.3, -0.25) is 14.9 Å². The van der Waals surface area contributed by atoms with Crippen LogP contribution in [0.5, 0.6) is 0 Å². The van der Waals surface area contributed by atoms with E-state index in [0.717, 1.165) is 5.56 Å². The molecule has 0 saturated heterocycles. The lowest BCUT2D eigenvalue weighted by Crippen LogP contribution is -2.15. The van der Waals surface area contributed by atoms with Gasteiger partial charge in [0.05, 0.1) is 10.6 Å². The summed E-state index contributed by atoms with van der Waals surface area (Å²) in [4.78, 5) is 27.3. The lowest BCUT2D eigenvalue weighted by Gasteiger charge is -2.12. The van der Waals surface area contributed by atoms with Crippen LogP contribution in [0.25, 0.3) is 0 Å². The number of nitrogens with zero attached hydrogens (tertiary/aromatic N) is 2. The normalized spacial score (nSPS) is 10.3. The van der Waals surface area contributed by atoms with Gasteiger partial charge in [0.25, 0.3) is 11.6 Å². The van der Waals surface area contributed by atoms with Gasteiger partial charge in [0, 0.05) is 23.8 Å². The van der Waals surface area contributed by atoms with E-state index in [-0.39, 0.29) is 11.3 Å². The molecule has 1 amide bonds. The Morgan fingerprint density at radius 3 is 2.56 bits per heavy atom.